The zero-order valence-electron chi connectivity index (χ0n) is 17.9. The molecule has 1 aliphatic heterocycles. The maximum atomic E-state index is 12.1. The lowest BCUT2D eigenvalue weighted by atomic mass is 9.91. The summed E-state index contributed by atoms with van der Waals surface area (Å²) in [5, 5.41) is 9.91. The molecule has 0 amide bonds. The van der Waals surface area contributed by atoms with Gasteiger partial charge in [-0.1, -0.05) is 18.6 Å². The van der Waals surface area contributed by atoms with Crippen LogP contribution >= 0.6 is 0 Å². The number of benzene rings is 2. The lowest BCUT2D eigenvalue weighted by Gasteiger charge is -2.40. The highest BCUT2D eigenvalue weighted by Crippen LogP contribution is 2.43. The summed E-state index contributed by atoms with van der Waals surface area (Å²) in [4.78, 5) is 14.1. The standard InChI is InChI=1S/C23H29NO6/c1-27-16-10-8-15(9-11-16)22(24-12-6-5-7-18(24)23(25)26)17-13-20(29-3)21(30-4)14-19(17)28-2/h8-11,13-14,18,22H,5-7,12H2,1-4H3,(H,25,26). The summed E-state index contributed by atoms with van der Waals surface area (Å²) in [5.41, 5.74) is 1.78. The van der Waals surface area contributed by atoms with E-state index in [1.54, 1.807) is 34.5 Å². The third-order valence-electron chi connectivity index (χ3n) is 5.62. The van der Waals surface area contributed by atoms with Gasteiger partial charge >= 0.3 is 5.97 Å². The number of hydrogen-bond donors (Lipinski definition) is 1. The van der Waals surface area contributed by atoms with Gasteiger partial charge in [-0.25, -0.2) is 0 Å². The lowest BCUT2D eigenvalue weighted by molar-refractivity contribution is -0.145. The van der Waals surface area contributed by atoms with Crippen molar-refractivity contribution in [2.75, 3.05) is 35.0 Å². The van der Waals surface area contributed by atoms with Gasteiger partial charge in [0.05, 0.1) is 34.5 Å². The third kappa shape index (κ3) is 4.31. The average molecular weight is 415 g/mol. The van der Waals surface area contributed by atoms with Crippen LogP contribution < -0.4 is 18.9 Å². The van der Waals surface area contributed by atoms with Crippen LogP contribution in [0, 0.1) is 0 Å². The molecule has 30 heavy (non-hydrogen) atoms. The Balaban J connectivity index is 2.19. The number of carboxylic acid groups (broad SMARTS) is 1. The molecule has 7 nitrogen and oxygen atoms in total. The molecular weight excluding hydrogens is 386 g/mol. The predicted octanol–water partition coefficient (Wildman–Crippen LogP) is 3.75. The van der Waals surface area contributed by atoms with E-state index in [0.717, 1.165) is 29.7 Å². The van der Waals surface area contributed by atoms with Gasteiger partial charge in [0.1, 0.15) is 17.5 Å². The van der Waals surface area contributed by atoms with E-state index in [0.29, 0.717) is 30.2 Å². The second-order valence-electron chi connectivity index (χ2n) is 7.21. The first-order chi connectivity index (χ1) is 14.5. The van der Waals surface area contributed by atoms with E-state index < -0.39 is 12.0 Å². The van der Waals surface area contributed by atoms with Crippen molar-refractivity contribution in [3.05, 3.63) is 47.5 Å². The number of methoxy groups -OCH3 is 4. The predicted molar refractivity (Wildman–Crippen MR) is 113 cm³/mol. The van der Waals surface area contributed by atoms with E-state index in [2.05, 4.69) is 0 Å². The minimum absolute atomic E-state index is 0.327. The summed E-state index contributed by atoms with van der Waals surface area (Å²) in [6.45, 7) is 0.672. The van der Waals surface area contributed by atoms with E-state index in [1.165, 1.54) is 0 Å². The Morgan fingerprint density at radius 3 is 2.13 bits per heavy atom. The molecule has 0 aliphatic carbocycles. The van der Waals surface area contributed by atoms with Crippen LogP contribution in [0.25, 0.3) is 0 Å². The zero-order chi connectivity index (χ0) is 21.7. The molecule has 1 N–H and O–H groups in total. The van der Waals surface area contributed by atoms with Crippen molar-refractivity contribution in [2.45, 2.75) is 31.3 Å². The van der Waals surface area contributed by atoms with Gasteiger partial charge in [-0.05, 0) is 43.1 Å². The molecule has 1 aliphatic rings. The molecule has 0 saturated carbocycles. The van der Waals surface area contributed by atoms with E-state index in [4.69, 9.17) is 18.9 Å². The normalized spacial score (nSPS) is 17.8. The summed E-state index contributed by atoms with van der Waals surface area (Å²) in [7, 11) is 6.37. The molecule has 2 aromatic carbocycles. The Morgan fingerprint density at radius 2 is 1.57 bits per heavy atom. The quantitative estimate of drug-likeness (QED) is 0.704. The first-order valence-corrected chi connectivity index (χ1v) is 9.96. The van der Waals surface area contributed by atoms with Crippen molar-refractivity contribution >= 4 is 5.97 Å². The van der Waals surface area contributed by atoms with Gasteiger partial charge in [0.15, 0.2) is 11.5 Å². The summed E-state index contributed by atoms with van der Waals surface area (Å²) >= 11 is 0. The molecule has 3 rings (SSSR count). The molecule has 0 bridgehead atoms. The van der Waals surface area contributed by atoms with Crippen molar-refractivity contribution in [1.29, 1.82) is 0 Å². The maximum absolute atomic E-state index is 12.1. The van der Waals surface area contributed by atoms with Crippen molar-refractivity contribution in [3.8, 4) is 23.0 Å². The summed E-state index contributed by atoms with van der Waals surface area (Å²) in [6.07, 6.45) is 2.44. The Labute approximate surface area is 177 Å². The summed E-state index contributed by atoms with van der Waals surface area (Å²) < 4.78 is 21.9. The van der Waals surface area contributed by atoms with Crippen LogP contribution in [0.3, 0.4) is 0 Å². The highest BCUT2D eigenvalue weighted by Gasteiger charge is 2.37. The summed E-state index contributed by atoms with van der Waals surface area (Å²) in [5.74, 6) is 1.66. The number of piperidine rings is 1. The first-order valence-electron chi connectivity index (χ1n) is 9.96. The molecule has 162 valence electrons. The monoisotopic (exact) mass is 415 g/mol. The molecule has 2 aromatic rings. The van der Waals surface area contributed by atoms with Crippen molar-refractivity contribution in [3.63, 3.8) is 0 Å². The van der Waals surface area contributed by atoms with Crippen LogP contribution in [-0.4, -0.2) is 57.0 Å². The highest BCUT2D eigenvalue weighted by molar-refractivity contribution is 5.74. The maximum Gasteiger partial charge on any atom is 0.320 e. The molecule has 1 fully saturated rings. The molecule has 7 heteroatoms. The molecule has 1 saturated heterocycles. The number of hydrogen-bond acceptors (Lipinski definition) is 6. The number of ether oxygens (including phenoxy) is 4. The molecular formula is C23H29NO6. The molecule has 2 atom stereocenters. The number of nitrogens with zero attached hydrogens (tertiary/aromatic N) is 1. The van der Waals surface area contributed by atoms with Crippen molar-refractivity contribution < 1.29 is 28.8 Å². The van der Waals surface area contributed by atoms with Crippen LogP contribution in [-0.2, 0) is 4.79 Å². The van der Waals surface area contributed by atoms with Gasteiger partial charge in [-0.3, -0.25) is 9.69 Å². The number of carboxylic acids is 1. The fraction of sp³-hybridized carbons (Fsp3) is 0.435. The van der Waals surface area contributed by atoms with Crippen LogP contribution in [0.15, 0.2) is 36.4 Å². The molecule has 2 unspecified atom stereocenters. The average Bonchev–Trinajstić information content (AvgIpc) is 2.79. The third-order valence-corrected chi connectivity index (χ3v) is 5.62. The Kier molecular flexibility index (Phi) is 7.05. The number of likely N-dealkylation sites (tertiary alicyclic amines) is 1. The van der Waals surface area contributed by atoms with Crippen molar-refractivity contribution in [1.82, 2.24) is 4.90 Å². The van der Waals surface area contributed by atoms with Gasteiger partial charge in [0, 0.05) is 11.6 Å². The van der Waals surface area contributed by atoms with E-state index in [-0.39, 0.29) is 6.04 Å². The van der Waals surface area contributed by atoms with Gasteiger partial charge in [-0.2, -0.15) is 0 Å². The van der Waals surface area contributed by atoms with Gasteiger partial charge in [-0.15, -0.1) is 0 Å². The van der Waals surface area contributed by atoms with Crippen LogP contribution in [0.2, 0.25) is 0 Å². The van der Waals surface area contributed by atoms with Gasteiger partial charge < -0.3 is 24.1 Å². The minimum Gasteiger partial charge on any atom is -0.497 e. The zero-order valence-corrected chi connectivity index (χ0v) is 17.9. The largest absolute Gasteiger partial charge is 0.497 e. The van der Waals surface area contributed by atoms with Crippen LogP contribution in [0.5, 0.6) is 23.0 Å². The molecule has 1 heterocycles. The molecule has 0 aromatic heterocycles. The minimum atomic E-state index is -0.812. The van der Waals surface area contributed by atoms with Crippen LogP contribution in [0.4, 0.5) is 0 Å². The van der Waals surface area contributed by atoms with E-state index in [9.17, 15) is 9.90 Å². The van der Waals surface area contributed by atoms with Crippen LogP contribution in [0.1, 0.15) is 36.4 Å². The Bertz CT molecular complexity index is 867. The van der Waals surface area contributed by atoms with E-state index >= 15 is 0 Å². The lowest BCUT2D eigenvalue weighted by Crippen LogP contribution is -2.46. The molecule has 0 spiro atoms. The van der Waals surface area contributed by atoms with Gasteiger partial charge in [0.25, 0.3) is 0 Å². The number of aliphatic carboxylic acids is 1. The summed E-state index contributed by atoms with van der Waals surface area (Å²) in [6, 6.07) is 10.4. The smallest absolute Gasteiger partial charge is 0.320 e. The van der Waals surface area contributed by atoms with Gasteiger partial charge in [0.2, 0.25) is 0 Å². The molecule has 0 radical (unpaired) electrons. The fourth-order valence-electron chi connectivity index (χ4n) is 4.13. The van der Waals surface area contributed by atoms with E-state index in [1.807, 2.05) is 35.2 Å². The SMILES string of the molecule is COc1ccc(C(c2cc(OC)c(OC)cc2OC)N2CCCCC2C(=O)O)cc1. The number of carbonyl (C=O) groups is 1. The topological polar surface area (TPSA) is 77.5 Å². The first kappa shape index (κ1) is 21.8. The highest BCUT2D eigenvalue weighted by atomic mass is 16.5. The number of rotatable bonds is 8. The fourth-order valence-corrected chi connectivity index (χ4v) is 4.13. The second-order valence-corrected chi connectivity index (χ2v) is 7.21. The van der Waals surface area contributed by atoms with Crippen molar-refractivity contribution in [2.24, 2.45) is 0 Å². The second kappa shape index (κ2) is 9.71. The Morgan fingerprint density at radius 1 is 0.933 bits per heavy atom. The Hall–Kier alpha value is -2.93.